The second-order valence-electron chi connectivity index (χ2n) is 7.98. The summed E-state index contributed by atoms with van der Waals surface area (Å²) < 4.78 is 5.46. The Morgan fingerprint density at radius 1 is 1.29 bits per heavy atom. The number of ether oxygens (including phenoxy) is 1. The van der Waals surface area contributed by atoms with Gasteiger partial charge in [0.2, 0.25) is 5.91 Å². The maximum Gasteiger partial charge on any atom is 0.225 e. The summed E-state index contributed by atoms with van der Waals surface area (Å²) in [5, 5.41) is 9.49. The Morgan fingerprint density at radius 2 is 1.90 bits per heavy atom. The largest absolute Gasteiger partial charge is 0.393 e. The fourth-order valence-corrected chi connectivity index (χ4v) is 4.35. The third-order valence-corrected chi connectivity index (χ3v) is 5.44. The van der Waals surface area contributed by atoms with Crippen molar-refractivity contribution in [1.29, 1.82) is 0 Å². The van der Waals surface area contributed by atoms with E-state index in [0.29, 0.717) is 24.9 Å². The van der Waals surface area contributed by atoms with Crippen molar-refractivity contribution in [3.63, 3.8) is 0 Å². The number of nitrogens with zero attached hydrogens (tertiary/aromatic N) is 1. The number of aliphatic hydroxyl groups excluding tert-OH is 1. The van der Waals surface area contributed by atoms with E-state index >= 15 is 0 Å². The van der Waals surface area contributed by atoms with Crippen LogP contribution in [0.2, 0.25) is 0 Å². The van der Waals surface area contributed by atoms with Gasteiger partial charge in [-0.2, -0.15) is 0 Å². The molecule has 1 saturated heterocycles. The van der Waals surface area contributed by atoms with Gasteiger partial charge in [-0.05, 0) is 43.4 Å². The van der Waals surface area contributed by atoms with Crippen LogP contribution in [-0.2, 0) is 9.53 Å². The molecule has 0 bridgehead atoms. The molecule has 2 aliphatic rings. The summed E-state index contributed by atoms with van der Waals surface area (Å²) >= 11 is 0. The Kier molecular flexibility index (Phi) is 4.99. The van der Waals surface area contributed by atoms with Gasteiger partial charge >= 0.3 is 0 Å². The lowest BCUT2D eigenvalue weighted by molar-refractivity contribution is -0.146. The van der Waals surface area contributed by atoms with E-state index in [-0.39, 0.29) is 17.9 Å². The van der Waals surface area contributed by atoms with Crippen LogP contribution in [-0.4, -0.2) is 48.3 Å². The number of hydrogen-bond donors (Lipinski definition) is 1. The van der Waals surface area contributed by atoms with E-state index < -0.39 is 5.60 Å². The normalized spacial score (nSPS) is 32.0. The van der Waals surface area contributed by atoms with E-state index in [9.17, 15) is 9.90 Å². The standard InChI is InChI=1S/C17H31NO3/c1-13-9-14(11-16(2,3)10-13)15(20)18-7-5-17(12-19,21-4)6-8-18/h13-14,19H,5-12H2,1-4H3. The molecule has 122 valence electrons. The highest BCUT2D eigenvalue weighted by Gasteiger charge is 2.40. The first-order valence-electron chi connectivity index (χ1n) is 8.26. The zero-order valence-electron chi connectivity index (χ0n) is 14.0. The molecule has 1 N–H and O–H groups in total. The first kappa shape index (κ1) is 16.8. The van der Waals surface area contributed by atoms with Crippen molar-refractivity contribution in [3.8, 4) is 0 Å². The molecule has 2 fully saturated rings. The molecule has 1 aliphatic heterocycles. The van der Waals surface area contributed by atoms with Crippen LogP contribution in [0, 0.1) is 17.3 Å². The summed E-state index contributed by atoms with van der Waals surface area (Å²) in [6.45, 7) is 8.27. The van der Waals surface area contributed by atoms with Gasteiger partial charge < -0.3 is 14.7 Å². The number of piperidine rings is 1. The minimum atomic E-state index is -0.435. The van der Waals surface area contributed by atoms with E-state index in [4.69, 9.17) is 4.74 Å². The van der Waals surface area contributed by atoms with Crippen molar-refractivity contribution in [2.75, 3.05) is 26.8 Å². The summed E-state index contributed by atoms with van der Waals surface area (Å²) in [6, 6.07) is 0. The lowest BCUT2D eigenvalue weighted by atomic mass is 9.67. The minimum absolute atomic E-state index is 0.0407. The second-order valence-corrected chi connectivity index (χ2v) is 7.98. The van der Waals surface area contributed by atoms with Crippen molar-refractivity contribution in [2.45, 2.75) is 58.5 Å². The van der Waals surface area contributed by atoms with Crippen LogP contribution in [0.15, 0.2) is 0 Å². The molecular weight excluding hydrogens is 266 g/mol. The number of carbonyl (C=O) groups is 1. The van der Waals surface area contributed by atoms with Crippen molar-refractivity contribution in [2.24, 2.45) is 17.3 Å². The average molecular weight is 297 g/mol. The Hall–Kier alpha value is -0.610. The van der Waals surface area contributed by atoms with Gasteiger partial charge in [-0.3, -0.25) is 4.79 Å². The summed E-state index contributed by atoms with van der Waals surface area (Å²) in [7, 11) is 1.65. The topological polar surface area (TPSA) is 49.8 Å². The van der Waals surface area contributed by atoms with Crippen LogP contribution in [0.4, 0.5) is 0 Å². The van der Waals surface area contributed by atoms with Crippen molar-refractivity contribution in [1.82, 2.24) is 4.90 Å². The first-order chi connectivity index (χ1) is 9.81. The van der Waals surface area contributed by atoms with Crippen LogP contribution < -0.4 is 0 Å². The number of carbonyl (C=O) groups excluding carboxylic acids is 1. The molecule has 1 aliphatic carbocycles. The summed E-state index contributed by atoms with van der Waals surface area (Å²) in [5.74, 6) is 1.12. The van der Waals surface area contributed by atoms with Crippen LogP contribution in [0.1, 0.15) is 52.9 Å². The van der Waals surface area contributed by atoms with Crippen LogP contribution in [0.5, 0.6) is 0 Å². The molecular formula is C17H31NO3. The maximum absolute atomic E-state index is 12.8. The third kappa shape index (κ3) is 3.78. The van der Waals surface area contributed by atoms with Gasteiger partial charge in [-0.25, -0.2) is 0 Å². The van der Waals surface area contributed by atoms with Crippen LogP contribution in [0.3, 0.4) is 0 Å². The minimum Gasteiger partial charge on any atom is -0.393 e. The van der Waals surface area contributed by atoms with Crippen LogP contribution in [0.25, 0.3) is 0 Å². The SMILES string of the molecule is COC1(CO)CCN(C(=O)C2CC(C)CC(C)(C)C2)CC1. The smallest absolute Gasteiger partial charge is 0.225 e. The molecule has 1 heterocycles. The van der Waals surface area contributed by atoms with Crippen molar-refractivity contribution >= 4 is 5.91 Å². The molecule has 0 spiro atoms. The number of hydrogen-bond acceptors (Lipinski definition) is 3. The molecule has 0 aromatic rings. The predicted octanol–water partition coefficient (Wildman–Crippen LogP) is 2.45. The molecule has 2 atom stereocenters. The van der Waals surface area contributed by atoms with Gasteiger partial charge in [0.1, 0.15) is 0 Å². The fraction of sp³-hybridized carbons (Fsp3) is 0.941. The molecule has 0 aromatic heterocycles. The number of rotatable bonds is 3. The Bertz CT molecular complexity index is 366. The van der Waals surface area contributed by atoms with Crippen molar-refractivity contribution < 1.29 is 14.6 Å². The second kappa shape index (κ2) is 6.25. The van der Waals surface area contributed by atoms with Gasteiger partial charge in [0.25, 0.3) is 0 Å². The third-order valence-electron chi connectivity index (χ3n) is 5.44. The van der Waals surface area contributed by atoms with Crippen LogP contribution >= 0.6 is 0 Å². The molecule has 2 unspecified atom stereocenters. The van der Waals surface area contributed by atoms with Gasteiger partial charge in [0.05, 0.1) is 12.2 Å². The molecule has 1 saturated carbocycles. The molecule has 21 heavy (non-hydrogen) atoms. The summed E-state index contributed by atoms with van der Waals surface area (Å²) in [5.41, 5.74) is -0.162. The maximum atomic E-state index is 12.8. The summed E-state index contributed by atoms with van der Waals surface area (Å²) in [4.78, 5) is 14.8. The van der Waals surface area contributed by atoms with Gasteiger partial charge in [0.15, 0.2) is 0 Å². The number of methoxy groups -OCH3 is 1. The highest BCUT2D eigenvalue weighted by molar-refractivity contribution is 5.79. The fourth-order valence-electron chi connectivity index (χ4n) is 4.35. The lowest BCUT2D eigenvalue weighted by Crippen LogP contribution is -2.51. The molecule has 0 radical (unpaired) electrons. The molecule has 0 aromatic carbocycles. The van der Waals surface area contributed by atoms with E-state index in [1.165, 1.54) is 6.42 Å². The quantitative estimate of drug-likeness (QED) is 0.870. The Balaban J connectivity index is 1.96. The predicted molar refractivity (Wildman–Crippen MR) is 82.9 cm³/mol. The Labute approximate surface area is 128 Å². The number of aliphatic hydroxyl groups is 1. The Morgan fingerprint density at radius 3 is 2.38 bits per heavy atom. The van der Waals surface area contributed by atoms with E-state index in [0.717, 1.165) is 25.7 Å². The highest BCUT2D eigenvalue weighted by Crippen LogP contribution is 2.42. The van der Waals surface area contributed by atoms with Gasteiger partial charge in [-0.1, -0.05) is 20.8 Å². The molecule has 1 amide bonds. The number of amides is 1. The monoisotopic (exact) mass is 297 g/mol. The zero-order chi connectivity index (χ0) is 15.7. The molecule has 4 nitrogen and oxygen atoms in total. The van der Waals surface area contributed by atoms with E-state index in [1.54, 1.807) is 7.11 Å². The zero-order valence-corrected chi connectivity index (χ0v) is 14.0. The average Bonchev–Trinajstić information content (AvgIpc) is 2.44. The van der Waals surface area contributed by atoms with Gasteiger partial charge in [0, 0.05) is 26.1 Å². The first-order valence-corrected chi connectivity index (χ1v) is 8.26. The number of likely N-dealkylation sites (tertiary alicyclic amines) is 1. The van der Waals surface area contributed by atoms with E-state index in [2.05, 4.69) is 20.8 Å². The van der Waals surface area contributed by atoms with E-state index in [1.807, 2.05) is 4.90 Å². The molecule has 4 heteroatoms. The highest BCUT2D eigenvalue weighted by atomic mass is 16.5. The summed E-state index contributed by atoms with van der Waals surface area (Å²) in [6.07, 6.45) is 4.71. The van der Waals surface area contributed by atoms with Crippen molar-refractivity contribution in [3.05, 3.63) is 0 Å². The molecule has 2 rings (SSSR count). The van der Waals surface area contributed by atoms with Gasteiger partial charge in [-0.15, -0.1) is 0 Å². The lowest BCUT2D eigenvalue weighted by Gasteiger charge is -2.43.